The van der Waals surface area contributed by atoms with Crippen LogP contribution in [-0.4, -0.2) is 29.2 Å². The maximum atomic E-state index is 5.83. The number of ether oxygens (including phenoxy) is 1. The molecule has 4 nitrogen and oxygen atoms in total. The van der Waals surface area contributed by atoms with Crippen molar-refractivity contribution >= 4 is 33.3 Å². The molecule has 1 aromatic rings. The lowest BCUT2D eigenvalue weighted by atomic mass is 10.3. The number of nitrogens with zero attached hydrogens (tertiary/aromatic N) is 2. The molecule has 0 bridgehead atoms. The molecule has 1 heterocycles. The van der Waals surface area contributed by atoms with Gasteiger partial charge in [-0.05, 0) is 29.8 Å². The van der Waals surface area contributed by atoms with E-state index in [1.54, 1.807) is 0 Å². The number of hydrogen-bond acceptors (Lipinski definition) is 4. The predicted molar refractivity (Wildman–Crippen MR) is 64.3 cm³/mol. The lowest BCUT2D eigenvalue weighted by molar-refractivity contribution is 0.141. The molecule has 84 valence electrons. The van der Waals surface area contributed by atoms with Crippen LogP contribution in [0.1, 0.15) is 13.8 Å². The van der Waals surface area contributed by atoms with Crippen LogP contribution in [0.5, 0.6) is 0 Å². The van der Waals surface area contributed by atoms with Crippen molar-refractivity contribution in [2.24, 2.45) is 0 Å². The van der Waals surface area contributed by atoms with Gasteiger partial charge < -0.3 is 10.1 Å². The molecule has 0 aromatic carbocycles. The van der Waals surface area contributed by atoms with Crippen molar-refractivity contribution in [3.8, 4) is 0 Å². The zero-order valence-electron chi connectivity index (χ0n) is 8.63. The van der Waals surface area contributed by atoms with Gasteiger partial charge in [0.05, 0.1) is 11.1 Å². The first-order valence-electron chi connectivity index (χ1n) is 4.65. The normalized spacial score (nSPS) is 12.5. The van der Waals surface area contributed by atoms with E-state index in [1.165, 1.54) is 6.33 Å². The molecule has 0 fully saturated rings. The molecule has 0 aliphatic heterocycles. The minimum absolute atomic E-state index is 0.173. The first-order valence-corrected chi connectivity index (χ1v) is 5.82. The lowest BCUT2D eigenvalue weighted by Gasteiger charge is -2.15. The summed E-state index contributed by atoms with van der Waals surface area (Å²) in [6.07, 6.45) is 1.42. The van der Waals surface area contributed by atoms with Crippen LogP contribution in [0.4, 0.5) is 5.82 Å². The monoisotopic (exact) mass is 293 g/mol. The van der Waals surface area contributed by atoms with E-state index in [1.807, 2.05) is 13.8 Å². The second kappa shape index (κ2) is 6.25. The quantitative estimate of drug-likeness (QED) is 0.848. The molecule has 1 rings (SSSR count). The molecule has 0 aliphatic carbocycles. The molecule has 15 heavy (non-hydrogen) atoms. The fraction of sp³-hybridized carbons (Fsp3) is 0.556. The van der Waals surface area contributed by atoms with E-state index in [2.05, 4.69) is 31.2 Å². The van der Waals surface area contributed by atoms with Gasteiger partial charge in [-0.3, -0.25) is 0 Å². The number of nitrogens with one attached hydrogen (secondary N) is 1. The molecule has 0 aliphatic rings. The van der Waals surface area contributed by atoms with E-state index in [4.69, 9.17) is 16.3 Å². The highest BCUT2D eigenvalue weighted by atomic mass is 79.9. The van der Waals surface area contributed by atoms with Gasteiger partial charge in [0.25, 0.3) is 0 Å². The van der Waals surface area contributed by atoms with Crippen molar-refractivity contribution in [3.63, 3.8) is 0 Å². The number of hydrogen-bond donors (Lipinski definition) is 1. The standard InChI is InChI=1S/C9H13BrClN3O/c1-3-15-4-6(2)14-9-7(10)8(11)12-5-13-9/h5-6H,3-4H2,1-2H3,(H,12,13,14). The summed E-state index contributed by atoms with van der Waals surface area (Å²) in [4.78, 5) is 7.92. The Kier molecular flexibility index (Phi) is 5.28. The number of rotatable bonds is 5. The second-order valence-corrected chi connectivity index (χ2v) is 4.18. The minimum Gasteiger partial charge on any atom is -0.380 e. The highest BCUT2D eigenvalue weighted by molar-refractivity contribution is 9.10. The molecule has 1 aromatic heterocycles. The Balaban J connectivity index is 2.60. The Hall–Kier alpha value is -0.390. The third kappa shape index (κ3) is 3.93. The van der Waals surface area contributed by atoms with E-state index < -0.39 is 0 Å². The Labute approximate surface area is 103 Å². The molecule has 0 spiro atoms. The van der Waals surface area contributed by atoms with Crippen molar-refractivity contribution in [2.45, 2.75) is 19.9 Å². The van der Waals surface area contributed by atoms with E-state index in [-0.39, 0.29) is 6.04 Å². The average molecular weight is 295 g/mol. The first-order chi connectivity index (χ1) is 7.15. The lowest BCUT2D eigenvalue weighted by Crippen LogP contribution is -2.22. The molecular weight excluding hydrogens is 281 g/mol. The van der Waals surface area contributed by atoms with Crippen LogP contribution in [0.25, 0.3) is 0 Å². The zero-order chi connectivity index (χ0) is 11.3. The van der Waals surface area contributed by atoms with E-state index in [9.17, 15) is 0 Å². The summed E-state index contributed by atoms with van der Waals surface area (Å²) in [6, 6.07) is 0.173. The van der Waals surface area contributed by atoms with Crippen LogP contribution in [0.15, 0.2) is 10.8 Å². The van der Waals surface area contributed by atoms with Crippen LogP contribution in [0.3, 0.4) is 0 Å². The Morgan fingerprint density at radius 2 is 2.33 bits per heavy atom. The molecule has 6 heteroatoms. The van der Waals surface area contributed by atoms with Gasteiger partial charge in [0.2, 0.25) is 0 Å². The van der Waals surface area contributed by atoms with Gasteiger partial charge in [-0.25, -0.2) is 9.97 Å². The third-order valence-corrected chi connectivity index (χ3v) is 2.97. The number of halogens is 2. The van der Waals surface area contributed by atoms with Crippen LogP contribution >= 0.6 is 27.5 Å². The van der Waals surface area contributed by atoms with Gasteiger partial charge in [0.15, 0.2) is 0 Å². The van der Waals surface area contributed by atoms with E-state index in [0.717, 1.165) is 0 Å². The Morgan fingerprint density at radius 1 is 1.60 bits per heavy atom. The molecule has 1 N–H and O–H groups in total. The maximum absolute atomic E-state index is 5.83. The molecule has 1 unspecified atom stereocenters. The molecule has 1 atom stereocenters. The number of anilines is 1. The van der Waals surface area contributed by atoms with Gasteiger partial charge in [0.1, 0.15) is 17.3 Å². The summed E-state index contributed by atoms with van der Waals surface area (Å²) in [6.45, 7) is 5.31. The summed E-state index contributed by atoms with van der Waals surface area (Å²) in [5.74, 6) is 0.683. The Bertz CT molecular complexity index is 324. The Morgan fingerprint density at radius 3 is 3.00 bits per heavy atom. The van der Waals surface area contributed by atoms with Gasteiger partial charge in [-0.2, -0.15) is 0 Å². The van der Waals surface area contributed by atoms with Crippen LogP contribution in [0.2, 0.25) is 5.15 Å². The third-order valence-electron chi connectivity index (χ3n) is 1.70. The molecular formula is C9H13BrClN3O. The first kappa shape index (κ1) is 12.7. The molecule has 0 saturated carbocycles. The predicted octanol–water partition coefficient (Wildman–Crippen LogP) is 2.73. The van der Waals surface area contributed by atoms with Gasteiger partial charge in [-0.15, -0.1) is 0 Å². The van der Waals surface area contributed by atoms with E-state index in [0.29, 0.717) is 28.7 Å². The van der Waals surface area contributed by atoms with Crippen molar-refractivity contribution < 1.29 is 4.74 Å². The summed E-state index contributed by atoms with van der Waals surface area (Å²) in [5, 5.41) is 3.58. The summed E-state index contributed by atoms with van der Waals surface area (Å²) in [5.41, 5.74) is 0. The second-order valence-electron chi connectivity index (χ2n) is 3.03. The van der Waals surface area contributed by atoms with Crippen molar-refractivity contribution in [2.75, 3.05) is 18.5 Å². The maximum Gasteiger partial charge on any atom is 0.148 e. The van der Waals surface area contributed by atoms with Gasteiger partial charge >= 0.3 is 0 Å². The van der Waals surface area contributed by atoms with Gasteiger partial charge in [-0.1, -0.05) is 11.6 Å². The summed E-state index contributed by atoms with van der Waals surface area (Å²) in [7, 11) is 0. The molecule has 0 radical (unpaired) electrons. The smallest absolute Gasteiger partial charge is 0.148 e. The van der Waals surface area contributed by atoms with Crippen LogP contribution in [-0.2, 0) is 4.74 Å². The van der Waals surface area contributed by atoms with Crippen LogP contribution in [0, 0.1) is 0 Å². The fourth-order valence-electron chi connectivity index (χ4n) is 1.02. The SMILES string of the molecule is CCOCC(C)Nc1ncnc(Cl)c1Br. The number of aromatic nitrogens is 2. The fourth-order valence-corrected chi connectivity index (χ4v) is 1.47. The molecule has 0 amide bonds. The highest BCUT2D eigenvalue weighted by Crippen LogP contribution is 2.26. The largest absolute Gasteiger partial charge is 0.380 e. The summed E-state index contributed by atoms with van der Waals surface area (Å²) >= 11 is 9.15. The molecule has 0 saturated heterocycles. The van der Waals surface area contributed by atoms with Gasteiger partial charge in [0, 0.05) is 12.6 Å². The van der Waals surface area contributed by atoms with Crippen molar-refractivity contribution in [1.82, 2.24) is 9.97 Å². The van der Waals surface area contributed by atoms with Crippen molar-refractivity contribution in [3.05, 3.63) is 16.0 Å². The highest BCUT2D eigenvalue weighted by Gasteiger charge is 2.09. The average Bonchev–Trinajstić information content (AvgIpc) is 2.22. The van der Waals surface area contributed by atoms with Crippen molar-refractivity contribution in [1.29, 1.82) is 0 Å². The topological polar surface area (TPSA) is 47.0 Å². The zero-order valence-corrected chi connectivity index (χ0v) is 11.0. The summed E-state index contributed by atoms with van der Waals surface area (Å²) < 4.78 is 5.96. The van der Waals surface area contributed by atoms with E-state index >= 15 is 0 Å². The minimum atomic E-state index is 0.173. The van der Waals surface area contributed by atoms with Crippen LogP contribution < -0.4 is 5.32 Å².